The number of carbonyl (C=O) groups is 1. The fraction of sp³-hybridized carbons (Fsp3) is 0.0769. The summed E-state index contributed by atoms with van der Waals surface area (Å²) in [5.41, 5.74) is 0.552. The molecule has 1 N–H and O–H groups in total. The SMILES string of the molecule is O=C(O)c1cc(SCc2ccc(Br)cc2[N+](=O)[O-])ccn1. The van der Waals surface area contributed by atoms with Crippen LogP contribution in [0.15, 0.2) is 45.9 Å². The third-order valence-electron chi connectivity index (χ3n) is 2.59. The van der Waals surface area contributed by atoms with E-state index in [0.717, 1.165) is 0 Å². The maximum Gasteiger partial charge on any atom is 0.354 e. The second-order valence-corrected chi connectivity index (χ2v) is 5.97. The number of hydrogen-bond acceptors (Lipinski definition) is 5. The molecule has 1 aromatic carbocycles. The van der Waals surface area contributed by atoms with Crippen molar-refractivity contribution in [2.24, 2.45) is 0 Å². The highest BCUT2D eigenvalue weighted by atomic mass is 79.9. The molecular formula is C13H9BrN2O4S. The summed E-state index contributed by atoms with van der Waals surface area (Å²) in [6, 6.07) is 7.97. The summed E-state index contributed by atoms with van der Waals surface area (Å²) in [4.78, 5) is 25.8. The van der Waals surface area contributed by atoms with Crippen LogP contribution in [0.4, 0.5) is 5.69 Å². The number of pyridine rings is 1. The molecule has 0 saturated heterocycles. The molecule has 0 aliphatic heterocycles. The molecule has 0 aliphatic carbocycles. The number of benzene rings is 1. The van der Waals surface area contributed by atoms with Crippen LogP contribution in [-0.2, 0) is 5.75 Å². The van der Waals surface area contributed by atoms with Crippen molar-refractivity contribution < 1.29 is 14.8 Å². The van der Waals surface area contributed by atoms with Gasteiger partial charge in [0.2, 0.25) is 0 Å². The molecule has 21 heavy (non-hydrogen) atoms. The largest absolute Gasteiger partial charge is 0.477 e. The zero-order valence-electron chi connectivity index (χ0n) is 10.5. The molecule has 0 saturated carbocycles. The van der Waals surface area contributed by atoms with Crippen LogP contribution in [0.3, 0.4) is 0 Å². The van der Waals surface area contributed by atoms with Crippen molar-refractivity contribution in [2.45, 2.75) is 10.6 Å². The minimum Gasteiger partial charge on any atom is -0.477 e. The van der Waals surface area contributed by atoms with Crippen LogP contribution in [0.2, 0.25) is 0 Å². The van der Waals surface area contributed by atoms with Crippen molar-refractivity contribution in [1.82, 2.24) is 4.98 Å². The van der Waals surface area contributed by atoms with Crippen LogP contribution in [0.25, 0.3) is 0 Å². The standard InChI is InChI=1S/C13H9BrN2O4S/c14-9-2-1-8(12(5-9)16(19)20)7-21-10-3-4-15-11(6-10)13(17)18/h1-6H,7H2,(H,17,18). The van der Waals surface area contributed by atoms with E-state index in [2.05, 4.69) is 20.9 Å². The van der Waals surface area contributed by atoms with Crippen molar-refractivity contribution in [2.75, 3.05) is 0 Å². The topological polar surface area (TPSA) is 93.3 Å². The first-order valence-corrected chi connectivity index (χ1v) is 7.50. The number of aromatic carboxylic acids is 1. The Morgan fingerprint density at radius 3 is 2.81 bits per heavy atom. The number of thioether (sulfide) groups is 1. The summed E-state index contributed by atoms with van der Waals surface area (Å²) in [5, 5.41) is 19.9. The number of aromatic nitrogens is 1. The van der Waals surface area contributed by atoms with E-state index in [1.54, 1.807) is 18.2 Å². The predicted octanol–water partition coefficient (Wildman–Crippen LogP) is 3.74. The summed E-state index contributed by atoms with van der Waals surface area (Å²) >= 11 is 4.52. The van der Waals surface area contributed by atoms with Crippen LogP contribution in [0.5, 0.6) is 0 Å². The molecule has 0 bridgehead atoms. The smallest absolute Gasteiger partial charge is 0.354 e. The summed E-state index contributed by atoms with van der Waals surface area (Å²) in [6.07, 6.45) is 1.40. The van der Waals surface area contributed by atoms with E-state index in [1.165, 1.54) is 30.1 Å². The van der Waals surface area contributed by atoms with E-state index < -0.39 is 10.9 Å². The van der Waals surface area contributed by atoms with E-state index in [-0.39, 0.29) is 11.4 Å². The zero-order valence-corrected chi connectivity index (χ0v) is 12.9. The first-order valence-electron chi connectivity index (χ1n) is 5.72. The molecule has 0 atom stereocenters. The monoisotopic (exact) mass is 368 g/mol. The van der Waals surface area contributed by atoms with Crippen molar-refractivity contribution in [1.29, 1.82) is 0 Å². The minimum atomic E-state index is -1.10. The van der Waals surface area contributed by atoms with Gasteiger partial charge in [-0.05, 0) is 18.2 Å². The summed E-state index contributed by atoms with van der Waals surface area (Å²) in [6.45, 7) is 0. The summed E-state index contributed by atoms with van der Waals surface area (Å²) in [7, 11) is 0. The van der Waals surface area contributed by atoms with Gasteiger partial charge in [-0.3, -0.25) is 10.1 Å². The Bertz CT molecular complexity index is 708. The normalized spacial score (nSPS) is 10.3. The average molecular weight is 369 g/mol. The Balaban J connectivity index is 2.18. The highest BCUT2D eigenvalue weighted by Crippen LogP contribution is 2.30. The summed E-state index contributed by atoms with van der Waals surface area (Å²) in [5.74, 6) is -0.737. The van der Waals surface area contributed by atoms with Gasteiger partial charge in [-0.1, -0.05) is 22.0 Å². The second kappa shape index (κ2) is 6.68. The van der Waals surface area contributed by atoms with Crippen LogP contribution in [0.1, 0.15) is 16.1 Å². The Labute approximate surface area is 132 Å². The number of carboxylic acids is 1. The fourth-order valence-electron chi connectivity index (χ4n) is 1.61. The van der Waals surface area contributed by atoms with E-state index in [9.17, 15) is 14.9 Å². The van der Waals surface area contributed by atoms with Gasteiger partial charge in [-0.15, -0.1) is 11.8 Å². The van der Waals surface area contributed by atoms with Crippen molar-refractivity contribution in [3.63, 3.8) is 0 Å². The van der Waals surface area contributed by atoms with Gasteiger partial charge in [0.25, 0.3) is 5.69 Å². The lowest BCUT2D eigenvalue weighted by molar-refractivity contribution is -0.385. The number of carboxylic acid groups (broad SMARTS) is 1. The molecule has 0 amide bonds. The maximum absolute atomic E-state index is 11.0. The zero-order chi connectivity index (χ0) is 15.4. The number of nitro groups is 1. The van der Waals surface area contributed by atoms with Gasteiger partial charge in [-0.2, -0.15) is 0 Å². The first kappa shape index (κ1) is 15.5. The first-order chi connectivity index (χ1) is 9.97. The predicted molar refractivity (Wildman–Crippen MR) is 81.6 cm³/mol. The number of hydrogen-bond donors (Lipinski definition) is 1. The summed E-state index contributed by atoms with van der Waals surface area (Å²) < 4.78 is 0.639. The third-order valence-corrected chi connectivity index (χ3v) is 4.12. The molecule has 0 spiro atoms. The average Bonchev–Trinajstić information content (AvgIpc) is 2.46. The molecule has 1 heterocycles. The number of rotatable bonds is 5. The molecule has 108 valence electrons. The Kier molecular flexibility index (Phi) is 4.92. The molecule has 0 fully saturated rings. The highest BCUT2D eigenvalue weighted by Gasteiger charge is 2.14. The molecule has 8 heteroatoms. The Morgan fingerprint density at radius 2 is 2.14 bits per heavy atom. The fourth-order valence-corrected chi connectivity index (χ4v) is 2.88. The van der Waals surface area contributed by atoms with Crippen LogP contribution in [-0.4, -0.2) is 21.0 Å². The molecule has 6 nitrogen and oxygen atoms in total. The van der Waals surface area contributed by atoms with Crippen molar-refractivity contribution in [3.05, 3.63) is 62.4 Å². The molecule has 1 aromatic heterocycles. The molecule has 0 unspecified atom stereocenters. The van der Waals surface area contributed by atoms with Crippen LogP contribution < -0.4 is 0 Å². The molecule has 0 aliphatic rings. The van der Waals surface area contributed by atoms with E-state index in [1.807, 2.05) is 0 Å². The van der Waals surface area contributed by atoms with Gasteiger partial charge >= 0.3 is 5.97 Å². The molecule has 2 aromatic rings. The van der Waals surface area contributed by atoms with Gasteiger partial charge in [0.15, 0.2) is 0 Å². The minimum absolute atomic E-state index is 0.0318. The Hall–Kier alpha value is -1.93. The number of nitro benzene ring substituents is 1. The van der Waals surface area contributed by atoms with Gasteiger partial charge in [0.05, 0.1) is 4.92 Å². The molecule has 2 rings (SSSR count). The third kappa shape index (κ3) is 4.02. The Morgan fingerprint density at radius 1 is 1.38 bits per heavy atom. The number of nitrogens with zero attached hydrogens (tertiary/aromatic N) is 2. The van der Waals surface area contributed by atoms with Gasteiger partial charge in [0.1, 0.15) is 5.69 Å². The second-order valence-electron chi connectivity index (χ2n) is 4.00. The lowest BCUT2D eigenvalue weighted by Crippen LogP contribution is -1.99. The van der Waals surface area contributed by atoms with Gasteiger partial charge in [-0.25, -0.2) is 9.78 Å². The van der Waals surface area contributed by atoms with Gasteiger partial charge < -0.3 is 5.11 Å². The van der Waals surface area contributed by atoms with Crippen molar-refractivity contribution in [3.8, 4) is 0 Å². The van der Waals surface area contributed by atoms with E-state index >= 15 is 0 Å². The maximum atomic E-state index is 11.0. The van der Waals surface area contributed by atoms with Crippen LogP contribution in [0, 0.1) is 10.1 Å². The molecular weight excluding hydrogens is 360 g/mol. The highest BCUT2D eigenvalue weighted by molar-refractivity contribution is 9.10. The van der Waals surface area contributed by atoms with Crippen LogP contribution >= 0.6 is 27.7 Å². The van der Waals surface area contributed by atoms with Gasteiger partial charge in [0, 0.05) is 32.9 Å². The van der Waals surface area contributed by atoms with Crippen molar-refractivity contribution >= 4 is 39.3 Å². The quantitative estimate of drug-likeness (QED) is 0.490. The lowest BCUT2D eigenvalue weighted by Gasteiger charge is -2.04. The number of halogens is 1. The van der Waals surface area contributed by atoms with E-state index in [4.69, 9.17) is 5.11 Å². The lowest BCUT2D eigenvalue weighted by atomic mass is 10.2. The van der Waals surface area contributed by atoms with E-state index in [0.29, 0.717) is 20.7 Å². The molecule has 0 radical (unpaired) electrons.